The van der Waals surface area contributed by atoms with Gasteiger partial charge in [0, 0.05) is 30.1 Å². The van der Waals surface area contributed by atoms with Gasteiger partial charge in [-0.25, -0.2) is 4.79 Å². The van der Waals surface area contributed by atoms with E-state index in [1.165, 1.54) is 0 Å². The molecule has 152 valence electrons. The van der Waals surface area contributed by atoms with Crippen molar-refractivity contribution in [2.24, 2.45) is 5.92 Å². The minimum absolute atomic E-state index is 0.0119. The van der Waals surface area contributed by atoms with Crippen LogP contribution < -0.4 is 10.1 Å². The van der Waals surface area contributed by atoms with Crippen LogP contribution in [0.25, 0.3) is 0 Å². The first kappa shape index (κ1) is 19.1. The van der Waals surface area contributed by atoms with E-state index >= 15 is 0 Å². The van der Waals surface area contributed by atoms with E-state index in [0.717, 1.165) is 43.4 Å². The summed E-state index contributed by atoms with van der Waals surface area (Å²) in [5.74, 6) is 1.23. The summed E-state index contributed by atoms with van der Waals surface area (Å²) in [5, 5.41) is 3.06. The summed E-state index contributed by atoms with van der Waals surface area (Å²) < 4.78 is 11.2. The quantitative estimate of drug-likeness (QED) is 0.863. The molecule has 3 atom stereocenters. The van der Waals surface area contributed by atoms with Crippen molar-refractivity contribution < 1.29 is 19.1 Å². The van der Waals surface area contributed by atoms with Crippen molar-refractivity contribution in [3.05, 3.63) is 29.3 Å². The van der Waals surface area contributed by atoms with Crippen LogP contribution in [0.1, 0.15) is 62.4 Å². The highest BCUT2D eigenvalue weighted by molar-refractivity contribution is 5.96. The van der Waals surface area contributed by atoms with E-state index < -0.39 is 5.60 Å². The maximum absolute atomic E-state index is 12.9. The molecule has 2 heterocycles. The van der Waals surface area contributed by atoms with Gasteiger partial charge in [0.15, 0.2) is 0 Å². The molecule has 1 saturated heterocycles. The summed E-state index contributed by atoms with van der Waals surface area (Å²) >= 11 is 0. The van der Waals surface area contributed by atoms with E-state index in [2.05, 4.69) is 5.32 Å². The molecule has 0 spiro atoms. The molecule has 1 aromatic rings. The minimum atomic E-state index is -0.522. The molecule has 2 amide bonds. The van der Waals surface area contributed by atoms with Gasteiger partial charge in [-0.2, -0.15) is 0 Å². The molecule has 6 nitrogen and oxygen atoms in total. The third-order valence-electron chi connectivity index (χ3n) is 6.03. The molecule has 0 bridgehead atoms. The Morgan fingerprint density at radius 1 is 1.29 bits per heavy atom. The topological polar surface area (TPSA) is 67.9 Å². The zero-order valence-corrected chi connectivity index (χ0v) is 17.0. The Balaban J connectivity index is 1.45. The number of likely N-dealkylation sites (tertiary alicyclic amines) is 1. The van der Waals surface area contributed by atoms with Gasteiger partial charge in [0.05, 0.1) is 12.6 Å². The maximum Gasteiger partial charge on any atom is 0.410 e. The molecule has 2 fully saturated rings. The number of ether oxygens (including phenoxy) is 2. The first-order valence-corrected chi connectivity index (χ1v) is 10.4. The number of hydrogen-bond acceptors (Lipinski definition) is 4. The molecule has 4 rings (SSSR count). The van der Waals surface area contributed by atoms with Gasteiger partial charge in [-0.1, -0.05) is 12.5 Å². The van der Waals surface area contributed by atoms with Crippen LogP contribution >= 0.6 is 0 Å². The molecule has 1 aliphatic carbocycles. The maximum atomic E-state index is 12.9. The number of nitrogens with zero attached hydrogens (tertiary/aromatic N) is 1. The second-order valence-corrected chi connectivity index (χ2v) is 9.13. The fraction of sp³-hybridized carbons (Fsp3) is 0.636. The second-order valence-electron chi connectivity index (χ2n) is 9.13. The van der Waals surface area contributed by atoms with Crippen LogP contribution in [0, 0.1) is 5.92 Å². The summed E-state index contributed by atoms with van der Waals surface area (Å²) in [5.41, 5.74) is 1.14. The fourth-order valence-corrected chi connectivity index (χ4v) is 4.91. The average Bonchev–Trinajstić information content (AvgIpc) is 3.32. The Hall–Kier alpha value is -2.24. The van der Waals surface area contributed by atoms with Crippen molar-refractivity contribution in [1.29, 1.82) is 0 Å². The number of amides is 2. The summed E-state index contributed by atoms with van der Waals surface area (Å²) in [7, 11) is 0. The van der Waals surface area contributed by atoms with Crippen LogP contribution in [0.2, 0.25) is 0 Å². The van der Waals surface area contributed by atoms with Crippen LogP contribution in [0.15, 0.2) is 18.2 Å². The largest absolute Gasteiger partial charge is 0.493 e. The molecule has 1 aromatic carbocycles. The van der Waals surface area contributed by atoms with Gasteiger partial charge >= 0.3 is 6.09 Å². The molecule has 28 heavy (non-hydrogen) atoms. The lowest BCUT2D eigenvalue weighted by molar-refractivity contribution is 0.0138. The first-order valence-electron chi connectivity index (χ1n) is 10.4. The van der Waals surface area contributed by atoms with E-state index in [0.29, 0.717) is 24.6 Å². The zero-order valence-electron chi connectivity index (χ0n) is 17.0. The highest BCUT2D eigenvalue weighted by Gasteiger charge is 2.47. The first-order chi connectivity index (χ1) is 13.3. The van der Waals surface area contributed by atoms with Crippen LogP contribution in [0.5, 0.6) is 5.75 Å². The number of hydrogen-bond donors (Lipinski definition) is 1. The van der Waals surface area contributed by atoms with Crippen molar-refractivity contribution >= 4 is 12.0 Å². The van der Waals surface area contributed by atoms with E-state index in [9.17, 15) is 9.59 Å². The molecular formula is C22H30N2O4. The van der Waals surface area contributed by atoms with E-state index in [-0.39, 0.29) is 24.1 Å². The van der Waals surface area contributed by atoms with E-state index in [1.807, 2.05) is 43.9 Å². The summed E-state index contributed by atoms with van der Waals surface area (Å²) in [4.78, 5) is 27.6. The summed E-state index contributed by atoms with van der Waals surface area (Å²) in [6, 6.07) is 5.83. The lowest BCUT2D eigenvalue weighted by Crippen LogP contribution is -2.48. The molecule has 0 unspecified atom stereocenters. The molecule has 1 N–H and O–H groups in total. The predicted octanol–water partition coefficient (Wildman–Crippen LogP) is 3.53. The number of benzene rings is 1. The van der Waals surface area contributed by atoms with Crippen molar-refractivity contribution in [2.45, 2.75) is 70.6 Å². The summed E-state index contributed by atoms with van der Waals surface area (Å²) in [6.45, 7) is 6.75. The fourth-order valence-electron chi connectivity index (χ4n) is 4.91. The van der Waals surface area contributed by atoms with Gasteiger partial charge in [0.2, 0.25) is 0 Å². The molecule has 6 heteroatoms. The molecule has 2 aliphatic heterocycles. The number of fused-ring (bicyclic) bond motifs is 2. The Bertz CT molecular complexity index is 770. The average molecular weight is 386 g/mol. The van der Waals surface area contributed by atoms with Crippen molar-refractivity contribution in [1.82, 2.24) is 10.2 Å². The van der Waals surface area contributed by atoms with E-state index in [1.54, 1.807) is 0 Å². The second kappa shape index (κ2) is 7.30. The highest BCUT2D eigenvalue weighted by atomic mass is 16.6. The van der Waals surface area contributed by atoms with Crippen molar-refractivity contribution in [3.63, 3.8) is 0 Å². The van der Waals surface area contributed by atoms with Crippen LogP contribution in [0.4, 0.5) is 4.79 Å². The number of rotatable bonds is 3. The van der Waals surface area contributed by atoms with Gasteiger partial charge in [-0.3, -0.25) is 4.79 Å². The van der Waals surface area contributed by atoms with Gasteiger partial charge in [-0.15, -0.1) is 0 Å². The normalized spacial score (nSPS) is 25.8. The molecular weight excluding hydrogens is 356 g/mol. The third-order valence-corrected chi connectivity index (χ3v) is 6.03. The minimum Gasteiger partial charge on any atom is -0.493 e. The Morgan fingerprint density at radius 2 is 2.11 bits per heavy atom. The Morgan fingerprint density at radius 3 is 2.89 bits per heavy atom. The van der Waals surface area contributed by atoms with Gasteiger partial charge in [0.25, 0.3) is 5.91 Å². The zero-order chi connectivity index (χ0) is 19.9. The monoisotopic (exact) mass is 386 g/mol. The van der Waals surface area contributed by atoms with Gasteiger partial charge in [0.1, 0.15) is 11.4 Å². The Kier molecular flexibility index (Phi) is 4.98. The molecule has 0 radical (unpaired) electrons. The number of nitrogens with one attached hydrogen (secondary N) is 1. The number of carbonyl (C=O) groups excluding carboxylic acids is 2. The highest BCUT2D eigenvalue weighted by Crippen LogP contribution is 2.41. The lowest BCUT2D eigenvalue weighted by atomic mass is 10.0. The SMILES string of the molecule is CC(C)(C)OC(=O)N1[C@H](CNC(=O)c2cccc3c2CCO3)C[C@@H]2CCC[C@@H]21. The van der Waals surface area contributed by atoms with Crippen molar-refractivity contribution in [3.8, 4) is 5.75 Å². The van der Waals surface area contributed by atoms with Gasteiger partial charge < -0.3 is 19.7 Å². The number of carbonyl (C=O) groups is 2. The third kappa shape index (κ3) is 3.69. The standard InChI is InChI=1S/C22H30N2O4/c1-22(2,3)28-21(26)24-15(12-14-6-4-8-18(14)24)13-23-20(25)17-7-5-9-19-16(17)10-11-27-19/h5,7,9,14-15,18H,4,6,8,10-13H2,1-3H3,(H,23,25)/t14-,15-,18-/m0/s1. The predicted molar refractivity (Wildman–Crippen MR) is 106 cm³/mol. The Labute approximate surface area is 166 Å². The van der Waals surface area contributed by atoms with Crippen LogP contribution in [0.3, 0.4) is 0 Å². The smallest absolute Gasteiger partial charge is 0.410 e. The molecule has 3 aliphatic rings. The lowest BCUT2D eigenvalue weighted by Gasteiger charge is -2.32. The molecule has 1 saturated carbocycles. The molecule has 0 aromatic heterocycles. The van der Waals surface area contributed by atoms with Crippen molar-refractivity contribution in [2.75, 3.05) is 13.2 Å². The summed E-state index contributed by atoms with van der Waals surface area (Å²) in [6.07, 6.45) is 4.77. The van der Waals surface area contributed by atoms with Gasteiger partial charge in [-0.05, 0) is 58.1 Å². The van der Waals surface area contributed by atoms with Crippen LogP contribution in [-0.4, -0.2) is 47.7 Å². The van der Waals surface area contributed by atoms with Crippen LogP contribution in [-0.2, 0) is 11.2 Å². The van der Waals surface area contributed by atoms with E-state index in [4.69, 9.17) is 9.47 Å².